The number of ether oxygens (including phenoxy) is 4. The van der Waals surface area contributed by atoms with Crippen LogP contribution in [0.15, 0.2) is 72.9 Å². The number of hydrogen-bond acceptors (Lipinski definition) is 7. The molecule has 0 heterocycles. The Balaban J connectivity index is 3.96. The highest BCUT2D eigenvalue weighted by Crippen LogP contribution is 2.20. The second-order valence-corrected chi connectivity index (χ2v) is 28.4. The molecule has 0 rings (SSSR count). The van der Waals surface area contributed by atoms with E-state index in [1.165, 1.54) is 283 Å². The van der Waals surface area contributed by atoms with E-state index in [1.54, 1.807) is 0 Å². The number of allylic oxidation sites excluding steroid dienone is 12. The average molecular weight is 1310 g/mol. The Morgan fingerprint density at radius 2 is 0.613 bits per heavy atom. The molecule has 9 heteroatoms. The highest BCUT2D eigenvalue weighted by atomic mass is 16.7. The average Bonchev–Trinajstić information content (AvgIpc) is 3.38. The summed E-state index contributed by atoms with van der Waals surface area (Å²) in [6.45, 7) is 4.83. The zero-order valence-electron chi connectivity index (χ0n) is 62.2. The number of likely N-dealkylation sites (N-methyl/N-ethyl adjacent to an activating group) is 1. The van der Waals surface area contributed by atoms with Crippen molar-refractivity contribution in [2.24, 2.45) is 0 Å². The van der Waals surface area contributed by atoms with Crippen molar-refractivity contribution < 1.29 is 42.9 Å². The number of quaternary nitrogens is 1. The fraction of sp³-hybridized carbons (Fsp3) is 0.821. The third kappa shape index (κ3) is 76.0. The van der Waals surface area contributed by atoms with Crippen molar-refractivity contribution in [2.45, 2.75) is 399 Å². The summed E-state index contributed by atoms with van der Waals surface area (Å²) in [5.74, 6) is -1.97. The number of unbranched alkanes of at least 4 members (excludes halogenated alkanes) is 48. The second kappa shape index (κ2) is 74.5. The third-order valence-corrected chi connectivity index (χ3v) is 18.0. The van der Waals surface area contributed by atoms with Gasteiger partial charge in [-0.05, 0) is 64.2 Å². The van der Waals surface area contributed by atoms with Crippen LogP contribution in [0.1, 0.15) is 386 Å². The zero-order chi connectivity index (χ0) is 67.5. The summed E-state index contributed by atoms with van der Waals surface area (Å²) in [6.07, 6.45) is 97.7. The largest absolute Gasteiger partial charge is 0.477 e. The van der Waals surface area contributed by atoms with Gasteiger partial charge in [-0.2, -0.15) is 0 Å². The smallest absolute Gasteiger partial charge is 0.361 e. The molecule has 9 nitrogen and oxygen atoms in total. The molecule has 0 fully saturated rings. The number of aliphatic carboxylic acids is 1. The van der Waals surface area contributed by atoms with Gasteiger partial charge in [0.05, 0.1) is 34.4 Å². The number of carbonyl (C=O) groups is 3. The van der Waals surface area contributed by atoms with Gasteiger partial charge in [0, 0.05) is 12.8 Å². The Kier molecular flexibility index (Phi) is 71.9. The van der Waals surface area contributed by atoms with E-state index in [0.717, 1.165) is 77.0 Å². The van der Waals surface area contributed by atoms with Crippen LogP contribution < -0.4 is 0 Å². The molecule has 0 aromatic rings. The fourth-order valence-corrected chi connectivity index (χ4v) is 11.9. The van der Waals surface area contributed by atoms with Crippen LogP contribution in [0.5, 0.6) is 0 Å². The monoisotopic (exact) mass is 1310 g/mol. The molecule has 93 heavy (non-hydrogen) atoms. The van der Waals surface area contributed by atoms with Gasteiger partial charge in [0.15, 0.2) is 6.10 Å². The molecule has 0 aromatic carbocycles. The Bertz CT molecular complexity index is 1760. The quantitative estimate of drug-likeness (QED) is 0.0211. The molecule has 0 amide bonds. The van der Waals surface area contributed by atoms with Gasteiger partial charge in [0.25, 0.3) is 6.29 Å². The van der Waals surface area contributed by atoms with Gasteiger partial charge in [-0.3, -0.25) is 9.59 Å². The SMILES string of the molecule is CC/C=C\C/C=C\C/C=C\C/C=C\C/C=C\C/C=C\CCCCCCCCCCCCCCCCCCCCCCCCC(=O)OC(COC(=O)CCCCCCCCCCCCCCCCCCCCCCCCCCCCC)COC(OCC[N+](C)(C)C)C(=O)O. The van der Waals surface area contributed by atoms with Crippen LogP contribution in [0, 0.1) is 0 Å². The summed E-state index contributed by atoms with van der Waals surface area (Å²) >= 11 is 0. The molecular weight excluding hydrogens is 1150 g/mol. The number of carboxylic acids is 1. The zero-order valence-corrected chi connectivity index (χ0v) is 62.2. The molecule has 2 unspecified atom stereocenters. The Labute approximate surface area is 577 Å². The highest BCUT2D eigenvalue weighted by Gasteiger charge is 2.25. The molecule has 1 N–H and O–H groups in total. The summed E-state index contributed by atoms with van der Waals surface area (Å²) in [5, 5.41) is 9.77. The standard InChI is InChI=1S/C84H153NO8/c1-6-8-10-12-14-16-18-20-22-24-26-28-30-32-34-35-36-37-38-39-40-41-42-43-44-45-46-47-49-51-53-55-57-59-61-63-65-67-69-71-73-75-82(87)93-80(79-92-84(83(88)89)90-77-76-85(3,4)5)78-91-81(86)74-72-70-68-66-64-62-60-58-56-54-52-50-48-33-31-29-27-25-23-21-19-17-15-13-11-9-7-2/h8,10,14,16,20,22,26,28,32,34,36-37,80,84H,6-7,9,11-13,15,17-19,21,23-25,27,29-31,33,35,38-79H2,1-5H3/p+1/b10-8-,16-14-,22-20-,28-26-,34-32-,37-36-. The summed E-state index contributed by atoms with van der Waals surface area (Å²) in [4.78, 5) is 37.7. The molecule has 0 bridgehead atoms. The van der Waals surface area contributed by atoms with Gasteiger partial charge in [-0.15, -0.1) is 0 Å². The minimum Gasteiger partial charge on any atom is -0.477 e. The van der Waals surface area contributed by atoms with Gasteiger partial charge in [-0.1, -0.05) is 382 Å². The number of rotatable bonds is 75. The van der Waals surface area contributed by atoms with Gasteiger partial charge >= 0.3 is 17.9 Å². The lowest BCUT2D eigenvalue weighted by atomic mass is 10.0. The number of carboxylic acid groups (broad SMARTS) is 1. The van der Waals surface area contributed by atoms with E-state index in [-0.39, 0.29) is 38.2 Å². The van der Waals surface area contributed by atoms with Crippen molar-refractivity contribution in [2.75, 3.05) is 47.5 Å². The van der Waals surface area contributed by atoms with Crippen LogP contribution in [0.2, 0.25) is 0 Å². The number of esters is 2. The molecule has 0 aliphatic heterocycles. The third-order valence-electron chi connectivity index (χ3n) is 18.0. The normalized spacial score (nSPS) is 13.0. The molecule has 0 aliphatic carbocycles. The van der Waals surface area contributed by atoms with Gasteiger partial charge < -0.3 is 28.5 Å². The predicted octanol–water partition coefficient (Wildman–Crippen LogP) is 25.6. The fourth-order valence-electron chi connectivity index (χ4n) is 11.9. The minimum absolute atomic E-state index is 0.176. The topological polar surface area (TPSA) is 108 Å². The van der Waals surface area contributed by atoms with Crippen LogP contribution in [0.25, 0.3) is 0 Å². The lowest BCUT2D eigenvalue weighted by Gasteiger charge is -2.25. The minimum atomic E-state index is -1.51. The predicted molar refractivity (Wildman–Crippen MR) is 401 cm³/mol. The van der Waals surface area contributed by atoms with Crippen LogP contribution in [-0.2, 0) is 33.3 Å². The van der Waals surface area contributed by atoms with Crippen molar-refractivity contribution in [3.05, 3.63) is 72.9 Å². The first kappa shape index (κ1) is 89.7. The molecule has 0 aromatic heterocycles. The molecular formula is C84H154NO8+. The molecule has 0 radical (unpaired) electrons. The summed E-state index contributed by atoms with van der Waals surface area (Å²) in [6, 6.07) is 0. The highest BCUT2D eigenvalue weighted by molar-refractivity contribution is 5.71. The van der Waals surface area contributed by atoms with Crippen LogP contribution >= 0.6 is 0 Å². The number of nitrogens with zero attached hydrogens (tertiary/aromatic N) is 1. The van der Waals surface area contributed by atoms with E-state index in [0.29, 0.717) is 17.4 Å². The molecule has 2 atom stereocenters. The molecule has 542 valence electrons. The Morgan fingerprint density at radius 1 is 0.333 bits per heavy atom. The summed E-state index contributed by atoms with van der Waals surface area (Å²) < 4.78 is 23.1. The lowest BCUT2D eigenvalue weighted by molar-refractivity contribution is -0.870. The maximum Gasteiger partial charge on any atom is 0.361 e. The van der Waals surface area contributed by atoms with Crippen molar-refractivity contribution >= 4 is 17.9 Å². The van der Waals surface area contributed by atoms with E-state index in [1.807, 2.05) is 21.1 Å². The van der Waals surface area contributed by atoms with Gasteiger partial charge in [-0.25, -0.2) is 4.79 Å². The first-order chi connectivity index (χ1) is 45.6. The molecule has 0 saturated heterocycles. The molecule has 0 saturated carbocycles. The van der Waals surface area contributed by atoms with E-state index in [9.17, 15) is 19.5 Å². The second-order valence-electron chi connectivity index (χ2n) is 28.4. The van der Waals surface area contributed by atoms with Crippen LogP contribution in [0.3, 0.4) is 0 Å². The van der Waals surface area contributed by atoms with Gasteiger partial charge in [0.1, 0.15) is 13.2 Å². The summed E-state index contributed by atoms with van der Waals surface area (Å²) in [5.41, 5.74) is 0. The first-order valence-electron chi connectivity index (χ1n) is 40.1. The van der Waals surface area contributed by atoms with Crippen molar-refractivity contribution in [1.82, 2.24) is 0 Å². The number of carbonyl (C=O) groups excluding carboxylic acids is 2. The van der Waals surface area contributed by atoms with Gasteiger partial charge in [0.2, 0.25) is 0 Å². The Morgan fingerprint density at radius 3 is 0.914 bits per heavy atom. The lowest BCUT2D eigenvalue weighted by Crippen LogP contribution is -2.40. The Hall–Kier alpha value is -3.27. The van der Waals surface area contributed by atoms with E-state index in [2.05, 4.69) is 86.8 Å². The molecule has 0 spiro atoms. The number of hydrogen-bond donors (Lipinski definition) is 1. The molecule has 0 aliphatic rings. The van der Waals surface area contributed by atoms with Crippen molar-refractivity contribution in [3.63, 3.8) is 0 Å². The van der Waals surface area contributed by atoms with E-state index in [4.69, 9.17) is 18.9 Å². The first-order valence-corrected chi connectivity index (χ1v) is 40.1. The van der Waals surface area contributed by atoms with E-state index >= 15 is 0 Å². The summed E-state index contributed by atoms with van der Waals surface area (Å²) in [7, 11) is 6.00. The maximum absolute atomic E-state index is 13.0. The van der Waals surface area contributed by atoms with Crippen LogP contribution in [-0.4, -0.2) is 87.4 Å². The van der Waals surface area contributed by atoms with E-state index < -0.39 is 18.4 Å². The maximum atomic E-state index is 13.0. The van der Waals surface area contributed by atoms with Crippen molar-refractivity contribution in [3.8, 4) is 0 Å². The van der Waals surface area contributed by atoms with Crippen molar-refractivity contribution in [1.29, 1.82) is 0 Å². The van der Waals surface area contributed by atoms with Crippen LogP contribution in [0.4, 0.5) is 0 Å².